The summed E-state index contributed by atoms with van der Waals surface area (Å²) in [5, 5.41) is 0. The van der Waals surface area contributed by atoms with Crippen LogP contribution >= 0.6 is 0 Å². The van der Waals surface area contributed by atoms with E-state index in [2.05, 4.69) is 6.92 Å². The standard InChI is InChI=1S/C16H30O2/c1-4-6-7-8-9-10-11-12-13-14-16(17)18-15(3)5-2/h5H,4,6-14H2,1-3H3. The number of hydrogen-bond acceptors (Lipinski definition) is 2. The average Bonchev–Trinajstić information content (AvgIpc) is 2.36. The fraction of sp³-hybridized carbons (Fsp3) is 0.812. The third-order valence-electron chi connectivity index (χ3n) is 3.17. The lowest BCUT2D eigenvalue weighted by atomic mass is 10.1. The predicted octanol–water partition coefficient (Wildman–Crippen LogP) is 5.37. The van der Waals surface area contributed by atoms with Crippen LogP contribution in [0.2, 0.25) is 0 Å². The minimum absolute atomic E-state index is 0.0893. The predicted molar refractivity (Wildman–Crippen MR) is 77.4 cm³/mol. The third kappa shape index (κ3) is 11.7. The van der Waals surface area contributed by atoms with Crippen LogP contribution in [0.15, 0.2) is 11.8 Å². The molecule has 0 N–H and O–H groups in total. The molecule has 0 aromatic rings. The zero-order valence-corrected chi connectivity index (χ0v) is 12.5. The van der Waals surface area contributed by atoms with Crippen molar-refractivity contribution in [1.82, 2.24) is 0 Å². The molecule has 0 saturated heterocycles. The first kappa shape index (κ1) is 17.2. The molecule has 0 saturated carbocycles. The second kappa shape index (κ2) is 12.7. The minimum atomic E-state index is -0.0893. The summed E-state index contributed by atoms with van der Waals surface area (Å²) in [6.45, 7) is 5.93. The van der Waals surface area contributed by atoms with Crippen LogP contribution in [0.1, 0.15) is 85.0 Å². The number of rotatable bonds is 11. The van der Waals surface area contributed by atoms with E-state index in [1.165, 1.54) is 44.9 Å². The highest BCUT2D eigenvalue weighted by Gasteiger charge is 2.02. The maximum atomic E-state index is 11.4. The van der Waals surface area contributed by atoms with E-state index >= 15 is 0 Å². The number of esters is 1. The number of carbonyl (C=O) groups excluding carboxylic acids is 1. The van der Waals surface area contributed by atoms with Gasteiger partial charge < -0.3 is 4.74 Å². The van der Waals surface area contributed by atoms with Crippen molar-refractivity contribution in [3.8, 4) is 0 Å². The molecule has 2 heteroatoms. The van der Waals surface area contributed by atoms with Gasteiger partial charge in [0.25, 0.3) is 0 Å². The SMILES string of the molecule is CC=C(C)OC(=O)CCCCCCCCCCC. The first-order chi connectivity index (χ1) is 8.70. The molecule has 0 aromatic carbocycles. The van der Waals surface area contributed by atoms with Crippen LogP contribution in [0.5, 0.6) is 0 Å². The van der Waals surface area contributed by atoms with E-state index < -0.39 is 0 Å². The Hall–Kier alpha value is -0.790. The highest BCUT2D eigenvalue weighted by molar-refractivity contribution is 5.70. The van der Waals surface area contributed by atoms with Gasteiger partial charge in [0.1, 0.15) is 5.76 Å². The van der Waals surface area contributed by atoms with E-state index in [0.717, 1.165) is 12.8 Å². The Labute approximate surface area is 113 Å². The van der Waals surface area contributed by atoms with E-state index in [-0.39, 0.29) is 5.97 Å². The van der Waals surface area contributed by atoms with Gasteiger partial charge in [0.2, 0.25) is 0 Å². The zero-order chi connectivity index (χ0) is 13.6. The third-order valence-corrected chi connectivity index (χ3v) is 3.17. The molecule has 0 rings (SSSR count). The molecular formula is C16H30O2. The molecule has 18 heavy (non-hydrogen) atoms. The lowest BCUT2D eigenvalue weighted by Gasteiger charge is -2.04. The van der Waals surface area contributed by atoms with Gasteiger partial charge in [0, 0.05) is 6.42 Å². The zero-order valence-electron chi connectivity index (χ0n) is 12.5. The van der Waals surface area contributed by atoms with Gasteiger partial charge in [-0.3, -0.25) is 4.79 Å². The van der Waals surface area contributed by atoms with Crippen molar-refractivity contribution < 1.29 is 9.53 Å². The Morgan fingerprint density at radius 3 is 1.94 bits per heavy atom. The monoisotopic (exact) mass is 254 g/mol. The Morgan fingerprint density at radius 2 is 1.44 bits per heavy atom. The average molecular weight is 254 g/mol. The quantitative estimate of drug-likeness (QED) is 0.281. The summed E-state index contributed by atoms with van der Waals surface area (Å²) in [5.41, 5.74) is 0. The van der Waals surface area contributed by atoms with E-state index in [4.69, 9.17) is 4.74 Å². The van der Waals surface area contributed by atoms with Gasteiger partial charge in [-0.1, -0.05) is 58.3 Å². The summed E-state index contributed by atoms with van der Waals surface area (Å²) in [7, 11) is 0. The van der Waals surface area contributed by atoms with Crippen LogP contribution in [-0.4, -0.2) is 5.97 Å². The molecule has 0 heterocycles. The maximum absolute atomic E-state index is 11.4. The van der Waals surface area contributed by atoms with Crippen molar-refractivity contribution in [2.45, 2.75) is 85.0 Å². The van der Waals surface area contributed by atoms with Crippen LogP contribution in [0, 0.1) is 0 Å². The van der Waals surface area contributed by atoms with Crippen LogP contribution in [0.4, 0.5) is 0 Å². The van der Waals surface area contributed by atoms with Gasteiger partial charge in [-0.05, 0) is 26.3 Å². The van der Waals surface area contributed by atoms with Crippen molar-refractivity contribution >= 4 is 5.97 Å². The lowest BCUT2D eigenvalue weighted by Crippen LogP contribution is -2.02. The van der Waals surface area contributed by atoms with Crippen molar-refractivity contribution in [2.24, 2.45) is 0 Å². The molecule has 0 aromatic heterocycles. The minimum Gasteiger partial charge on any atom is -0.432 e. The first-order valence-corrected chi connectivity index (χ1v) is 7.54. The van der Waals surface area contributed by atoms with Gasteiger partial charge in [-0.25, -0.2) is 0 Å². The molecule has 0 spiro atoms. The van der Waals surface area contributed by atoms with Crippen molar-refractivity contribution in [2.75, 3.05) is 0 Å². The second-order valence-electron chi connectivity index (χ2n) is 4.95. The Balaban J connectivity index is 3.22. The highest BCUT2D eigenvalue weighted by Crippen LogP contribution is 2.11. The fourth-order valence-corrected chi connectivity index (χ4v) is 1.87. The van der Waals surface area contributed by atoms with Crippen LogP contribution < -0.4 is 0 Å². The summed E-state index contributed by atoms with van der Waals surface area (Å²) in [4.78, 5) is 11.4. The molecule has 0 atom stereocenters. The summed E-state index contributed by atoms with van der Waals surface area (Å²) in [5.74, 6) is 0.615. The molecule has 0 radical (unpaired) electrons. The molecule has 0 aliphatic rings. The topological polar surface area (TPSA) is 26.3 Å². The number of carbonyl (C=O) groups is 1. The fourth-order valence-electron chi connectivity index (χ4n) is 1.87. The smallest absolute Gasteiger partial charge is 0.310 e. The number of ether oxygens (including phenoxy) is 1. The first-order valence-electron chi connectivity index (χ1n) is 7.54. The summed E-state index contributed by atoms with van der Waals surface area (Å²) in [6.07, 6.45) is 13.8. The molecule has 0 aliphatic heterocycles. The summed E-state index contributed by atoms with van der Waals surface area (Å²) >= 11 is 0. The Bertz CT molecular complexity index is 231. The molecule has 0 aliphatic carbocycles. The second-order valence-corrected chi connectivity index (χ2v) is 4.95. The molecule has 0 unspecified atom stereocenters. The molecule has 0 fully saturated rings. The van der Waals surface area contributed by atoms with Crippen molar-refractivity contribution in [3.63, 3.8) is 0 Å². The van der Waals surface area contributed by atoms with Crippen molar-refractivity contribution in [1.29, 1.82) is 0 Å². The van der Waals surface area contributed by atoms with Crippen LogP contribution in [-0.2, 0) is 9.53 Å². The van der Waals surface area contributed by atoms with E-state index in [1.807, 2.05) is 19.9 Å². The highest BCUT2D eigenvalue weighted by atomic mass is 16.5. The molecule has 0 bridgehead atoms. The maximum Gasteiger partial charge on any atom is 0.310 e. The normalized spacial score (nSPS) is 11.6. The van der Waals surface area contributed by atoms with Gasteiger partial charge in [-0.15, -0.1) is 0 Å². The van der Waals surface area contributed by atoms with E-state index in [0.29, 0.717) is 12.2 Å². The molecule has 2 nitrogen and oxygen atoms in total. The van der Waals surface area contributed by atoms with Crippen LogP contribution in [0.3, 0.4) is 0 Å². The summed E-state index contributed by atoms with van der Waals surface area (Å²) in [6, 6.07) is 0. The molecular weight excluding hydrogens is 224 g/mol. The van der Waals surface area contributed by atoms with Gasteiger partial charge in [0.05, 0.1) is 0 Å². The lowest BCUT2D eigenvalue weighted by molar-refractivity contribution is -0.139. The van der Waals surface area contributed by atoms with E-state index in [1.54, 1.807) is 0 Å². The summed E-state index contributed by atoms with van der Waals surface area (Å²) < 4.78 is 5.09. The van der Waals surface area contributed by atoms with Crippen molar-refractivity contribution in [3.05, 3.63) is 11.8 Å². The Kier molecular flexibility index (Phi) is 12.1. The Morgan fingerprint density at radius 1 is 0.944 bits per heavy atom. The largest absolute Gasteiger partial charge is 0.432 e. The van der Waals surface area contributed by atoms with Gasteiger partial charge in [0.15, 0.2) is 0 Å². The van der Waals surface area contributed by atoms with E-state index in [9.17, 15) is 4.79 Å². The number of allylic oxidation sites excluding steroid dienone is 2. The van der Waals surface area contributed by atoms with Gasteiger partial charge >= 0.3 is 5.97 Å². The van der Waals surface area contributed by atoms with Gasteiger partial charge in [-0.2, -0.15) is 0 Å². The molecule has 0 amide bonds. The number of unbranched alkanes of at least 4 members (excludes halogenated alkanes) is 8. The molecule has 106 valence electrons. The number of hydrogen-bond donors (Lipinski definition) is 0. The van der Waals surface area contributed by atoms with Crippen LogP contribution in [0.25, 0.3) is 0 Å².